The molecule has 3 aromatic rings. The molecule has 4 nitrogen and oxygen atoms in total. The van der Waals surface area contributed by atoms with Crippen molar-refractivity contribution < 1.29 is 14.0 Å². The van der Waals surface area contributed by atoms with Crippen molar-refractivity contribution in [1.82, 2.24) is 10.2 Å². The molecule has 1 N–H and O–H groups in total. The molecule has 4 rings (SSSR count). The van der Waals surface area contributed by atoms with Gasteiger partial charge in [0.05, 0.1) is 15.8 Å². The number of hydrogen-bond acceptors (Lipinski definition) is 3. The molecule has 0 aliphatic heterocycles. The van der Waals surface area contributed by atoms with Crippen LogP contribution < -0.4 is 5.32 Å². The summed E-state index contributed by atoms with van der Waals surface area (Å²) in [6, 6.07) is 20.8. The van der Waals surface area contributed by atoms with Crippen LogP contribution >= 0.6 is 35.0 Å². The number of nitrogens with zero attached hydrogens (tertiary/aromatic N) is 1. The van der Waals surface area contributed by atoms with E-state index >= 15 is 0 Å². The van der Waals surface area contributed by atoms with E-state index in [9.17, 15) is 14.0 Å². The van der Waals surface area contributed by atoms with E-state index in [4.69, 9.17) is 23.2 Å². The van der Waals surface area contributed by atoms with E-state index in [1.807, 2.05) is 36.4 Å². The van der Waals surface area contributed by atoms with Gasteiger partial charge >= 0.3 is 0 Å². The highest BCUT2D eigenvalue weighted by atomic mass is 35.5. The van der Waals surface area contributed by atoms with Crippen LogP contribution in [0.25, 0.3) is 0 Å². The van der Waals surface area contributed by atoms with Crippen LogP contribution in [0.5, 0.6) is 0 Å². The minimum atomic E-state index is -0.771. The van der Waals surface area contributed by atoms with Crippen molar-refractivity contribution in [3.8, 4) is 0 Å². The lowest BCUT2D eigenvalue weighted by atomic mass is 9.94. The monoisotopic (exact) mass is 586 g/mol. The van der Waals surface area contributed by atoms with Gasteiger partial charge in [-0.1, -0.05) is 97.1 Å². The molecule has 206 valence electrons. The molecule has 0 spiro atoms. The molecule has 3 aromatic carbocycles. The average molecular weight is 588 g/mol. The van der Waals surface area contributed by atoms with E-state index < -0.39 is 11.9 Å². The number of benzene rings is 3. The van der Waals surface area contributed by atoms with Crippen LogP contribution in [0.2, 0.25) is 10.0 Å². The van der Waals surface area contributed by atoms with Gasteiger partial charge in [0.1, 0.15) is 11.9 Å². The van der Waals surface area contributed by atoms with Gasteiger partial charge in [-0.2, -0.15) is 0 Å². The molecular formula is C31H33Cl2FN2O2S. The Morgan fingerprint density at radius 3 is 2.36 bits per heavy atom. The first kappa shape index (κ1) is 29.4. The first-order valence-corrected chi connectivity index (χ1v) is 15.2. The van der Waals surface area contributed by atoms with E-state index in [2.05, 4.69) is 5.32 Å². The zero-order valence-corrected chi connectivity index (χ0v) is 24.1. The summed E-state index contributed by atoms with van der Waals surface area (Å²) in [5, 5.41) is 4.15. The molecule has 0 bridgehead atoms. The largest absolute Gasteiger partial charge is 0.352 e. The Bertz CT molecular complexity index is 1250. The Morgan fingerprint density at radius 1 is 0.923 bits per heavy atom. The van der Waals surface area contributed by atoms with Crippen molar-refractivity contribution in [2.24, 2.45) is 0 Å². The highest BCUT2D eigenvalue weighted by molar-refractivity contribution is 7.99. The summed E-state index contributed by atoms with van der Waals surface area (Å²) < 4.78 is 14.8. The van der Waals surface area contributed by atoms with Gasteiger partial charge in [0, 0.05) is 30.3 Å². The Balaban J connectivity index is 1.57. The van der Waals surface area contributed by atoms with Crippen LogP contribution in [-0.4, -0.2) is 34.6 Å². The number of rotatable bonds is 11. The quantitative estimate of drug-likeness (QED) is 0.254. The number of thioether (sulfide) groups is 1. The zero-order chi connectivity index (χ0) is 27.6. The molecular weight excluding hydrogens is 554 g/mol. The van der Waals surface area contributed by atoms with Gasteiger partial charge < -0.3 is 10.2 Å². The molecule has 1 fully saturated rings. The summed E-state index contributed by atoms with van der Waals surface area (Å²) in [5.74, 6) is -0.123. The first-order chi connectivity index (χ1) is 18.9. The predicted molar refractivity (Wildman–Crippen MR) is 159 cm³/mol. The fourth-order valence-electron chi connectivity index (χ4n) is 4.88. The number of hydrogen-bond donors (Lipinski definition) is 1. The molecule has 0 radical (unpaired) electrons. The summed E-state index contributed by atoms with van der Waals surface area (Å²) in [7, 11) is 0. The van der Waals surface area contributed by atoms with Gasteiger partial charge in [0.2, 0.25) is 11.8 Å². The summed E-state index contributed by atoms with van der Waals surface area (Å²) in [6.45, 7) is 0.00836. The van der Waals surface area contributed by atoms with Gasteiger partial charge in [-0.05, 0) is 42.2 Å². The molecule has 0 aromatic heterocycles. The molecule has 1 saturated carbocycles. The zero-order valence-electron chi connectivity index (χ0n) is 21.8. The lowest BCUT2D eigenvalue weighted by molar-refractivity contribution is -0.139. The molecule has 1 aliphatic carbocycles. The molecule has 2 amide bonds. The second-order valence-electron chi connectivity index (χ2n) is 9.90. The van der Waals surface area contributed by atoms with E-state index in [1.54, 1.807) is 35.2 Å². The van der Waals surface area contributed by atoms with Crippen LogP contribution in [0.3, 0.4) is 0 Å². The SMILES string of the molecule is O=C(NC1CCCCC1)[C@@H](Cc1ccccc1)N(Cc1ccccc1F)C(=O)CSCc1ccc(Cl)c(Cl)c1. The lowest BCUT2D eigenvalue weighted by Gasteiger charge is -2.33. The minimum Gasteiger partial charge on any atom is -0.352 e. The van der Waals surface area contributed by atoms with Crippen molar-refractivity contribution in [3.05, 3.63) is 105 Å². The third-order valence-corrected chi connectivity index (χ3v) is 8.73. The van der Waals surface area contributed by atoms with Crippen LogP contribution in [0.15, 0.2) is 72.8 Å². The van der Waals surface area contributed by atoms with E-state index in [0.717, 1.165) is 36.8 Å². The van der Waals surface area contributed by atoms with Gasteiger partial charge in [-0.25, -0.2) is 4.39 Å². The number of carbonyl (C=O) groups excluding carboxylic acids is 2. The van der Waals surface area contributed by atoms with Crippen molar-refractivity contribution in [3.63, 3.8) is 0 Å². The van der Waals surface area contributed by atoms with Gasteiger partial charge in [-0.15, -0.1) is 11.8 Å². The van der Waals surface area contributed by atoms with E-state index in [-0.39, 0.29) is 30.2 Å². The standard InChI is InChI=1S/C31H33Cl2FN2O2S/c32-26-16-15-23(17-27(26)33)20-39-21-30(37)36(19-24-11-7-8-14-28(24)34)29(18-22-9-3-1-4-10-22)31(38)35-25-12-5-2-6-13-25/h1,3-4,7-11,14-17,25,29H,2,5-6,12-13,18-21H2,(H,35,38)/t29-/m1/s1. The maximum atomic E-state index is 14.8. The second kappa shape index (κ2) is 14.7. The Hall–Kier alpha value is -2.54. The topological polar surface area (TPSA) is 49.4 Å². The Morgan fingerprint density at radius 2 is 1.64 bits per heavy atom. The predicted octanol–water partition coefficient (Wildman–Crippen LogP) is 7.45. The van der Waals surface area contributed by atoms with Crippen molar-refractivity contribution >= 4 is 46.8 Å². The van der Waals surface area contributed by atoms with Crippen molar-refractivity contribution in [1.29, 1.82) is 0 Å². The van der Waals surface area contributed by atoms with E-state index in [0.29, 0.717) is 27.8 Å². The first-order valence-electron chi connectivity index (χ1n) is 13.3. The highest BCUT2D eigenvalue weighted by Gasteiger charge is 2.32. The normalized spacial score (nSPS) is 14.5. The third kappa shape index (κ3) is 8.72. The van der Waals surface area contributed by atoms with E-state index in [1.165, 1.54) is 24.2 Å². The van der Waals surface area contributed by atoms with Gasteiger partial charge in [0.15, 0.2) is 0 Å². The molecule has 1 atom stereocenters. The maximum absolute atomic E-state index is 14.8. The van der Waals surface area contributed by atoms with Crippen LogP contribution in [-0.2, 0) is 28.3 Å². The fraction of sp³-hybridized carbons (Fsp3) is 0.355. The molecule has 0 unspecified atom stereocenters. The van der Waals surface area contributed by atoms with Crippen LogP contribution in [0, 0.1) is 5.82 Å². The fourth-order valence-corrected chi connectivity index (χ4v) is 6.06. The highest BCUT2D eigenvalue weighted by Crippen LogP contribution is 2.26. The molecule has 0 saturated heterocycles. The molecule has 39 heavy (non-hydrogen) atoms. The summed E-state index contributed by atoms with van der Waals surface area (Å²) in [6.07, 6.45) is 5.55. The number of halogens is 3. The Labute approximate surface area is 244 Å². The molecule has 1 aliphatic rings. The maximum Gasteiger partial charge on any atom is 0.243 e. The van der Waals surface area contributed by atoms with Crippen molar-refractivity contribution in [2.75, 3.05) is 5.75 Å². The minimum absolute atomic E-state index is 0.00836. The molecule has 8 heteroatoms. The number of amides is 2. The van der Waals surface area contributed by atoms with Crippen LogP contribution in [0.4, 0.5) is 4.39 Å². The summed E-state index contributed by atoms with van der Waals surface area (Å²) in [5.41, 5.74) is 2.26. The van der Waals surface area contributed by atoms with Crippen molar-refractivity contribution in [2.45, 2.75) is 62.9 Å². The average Bonchev–Trinajstić information content (AvgIpc) is 2.94. The van der Waals surface area contributed by atoms with Gasteiger partial charge in [-0.3, -0.25) is 9.59 Å². The van der Waals surface area contributed by atoms with Crippen LogP contribution in [0.1, 0.15) is 48.8 Å². The smallest absolute Gasteiger partial charge is 0.243 e. The number of carbonyl (C=O) groups is 2. The molecule has 0 heterocycles. The number of nitrogens with one attached hydrogen (secondary N) is 1. The summed E-state index contributed by atoms with van der Waals surface area (Å²) in [4.78, 5) is 29.1. The van der Waals surface area contributed by atoms with Gasteiger partial charge in [0.25, 0.3) is 0 Å². The Kier molecular flexibility index (Phi) is 11.1. The lowest BCUT2D eigenvalue weighted by Crippen LogP contribution is -2.53. The second-order valence-corrected chi connectivity index (χ2v) is 11.7. The summed E-state index contributed by atoms with van der Waals surface area (Å²) >= 11 is 13.6. The third-order valence-electron chi connectivity index (χ3n) is 7.00.